The Labute approximate surface area is 70.0 Å². The van der Waals surface area contributed by atoms with Gasteiger partial charge in [-0.2, -0.15) is 0 Å². The van der Waals surface area contributed by atoms with Gasteiger partial charge in [-0.25, -0.2) is 0 Å². The fourth-order valence-electron chi connectivity index (χ4n) is 0.707. The molecule has 2 atom stereocenters. The van der Waals surface area contributed by atoms with Crippen LogP contribution < -0.4 is 0 Å². The van der Waals surface area contributed by atoms with Gasteiger partial charge < -0.3 is 9.47 Å². The Hall–Kier alpha value is 0.400. The Morgan fingerprint density at radius 2 is 2.50 bits per heavy atom. The van der Waals surface area contributed by atoms with Crippen molar-refractivity contribution in [1.29, 1.82) is 0 Å². The fourth-order valence-corrected chi connectivity index (χ4v) is 0.894. The van der Waals surface area contributed by atoms with Crippen molar-refractivity contribution >= 4 is 15.9 Å². The second-order valence-corrected chi connectivity index (χ2v) is 4.09. The van der Waals surface area contributed by atoms with E-state index in [2.05, 4.69) is 22.9 Å². The van der Waals surface area contributed by atoms with E-state index in [0.717, 1.165) is 26.1 Å². The van der Waals surface area contributed by atoms with Crippen LogP contribution in [0.1, 0.15) is 19.8 Å². The topological polar surface area (TPSA) is 18.5 Å². The maximum Gasteiger partial charge on any atom is 0.159 e. The quantitative estimate of drug-likeness (QED) is 0.658. The van der Waals surface area contributed by atoms with Crippen LogP contribution in [0.2, 0.25) is 0 Å². The van der Waals surface area contributed by atoms with Gasteiger partial charge in [0.25, 0.3) is 0 Å². The van der Waals surface area contributed by atoms with Gasteiger partial charge in [0.2, 0.25) is 0 Å². The highest BCUT2D eigenvalue weighted by atomic mass is 79.9. The van der Waals surface area contributed by atoms with E-state index in [4.69, 9.17) is 9.47 Å². The van der Waals surface area contributed by atoms with E-state index < -0.39 is 0 Å². The van der Waals surface area contributed by atoms with Gasteiger partial charge in [0.15, 0.2) is 6.29 Å². The summed E-state index contributed by atoms with van der Waals surface area (Å²) in [5.41, 5.74) is 0. The largest absolute Gasteiger partial charge is 0.353 e. The average molecular weight is 209 g/mol. The monoisotopic (exact) mass is 208 g/mol. The smallest absolute Gasteiger partial charge is 0.159 e. The highest BCUT2D eigenvalue weighted by molar-refractivity contribution is 9.09. The summed E-state index contributed by atoms with van der Waals surface area (Å²) in [6, 6.07) is 0. The Morgan fingerprint density at radius 3 is 2.90 bits per heavy atom. The van der Waals surface area contributed by atoms with Crippen LogP contribution in [0, 0.1) is 0 Å². The summed E-state index contributed by atoms with van der Waals surface area (Å²) in [5.74, 6) is 0. The molecule has 1 aliphatic heterocycles. The molecule has 0 N–H and O–H groups in total. The van der Waals surface area contributed by atoms with Crippen LogP contribution in [0.5, 0.6) is 0 Å². The minimum atomic E-state index is 0.103. The molecule has 1 heterocycles. The number of alkyl halides is 1. The lowest BCUT2D eigenvalue weighted by Crippen LogP contribution is -2.30. The van der Waals surface area contributed by atoms with Crippen molar-refractivity contribution < 1.29 is 9.47 Å². The van der Waals surface area contributed by atoms with E-state index in [0.29, 0.717) is 4.83 Å². The van der Waals surface area contributed by atoms with Crippen molar-refractivity contribution in [3.63, 3.8) is 0 Å². The predicted octanol–water partition coefficient (Wildman–Crippen LogP) is 1.92. The molecule has 1 fully saturated rings. The first-order valence-electron chi connectivity index (χ1n) is 3.66. The summed E-state index contributed by atoms with van der Waals surface area (Å²) < 4.78 is 10.4. The number of ether oxygens (including phenoxy) is 2. The number of rotatable bonds is 4. The molecule has 0 radical (unpaired) electrons. The second kappa shape index (κ2) is 4.31. The van der Waals surface area contributed by atoms with Gasteiger partial charge in [0.1, 0.15) is 0 Å². The highest BCUT2D eigenvalue weighted by Gasteiger charge is 2.17. The lowest BCUT2D eigenvalue weighted by atomic mass is 10.3. The van der Waals surface area contributed by atoms with Crippen LogP contribution in [-0.4, -0.2) is 24.3 Å². The van der Waals surface area contributed by atoms with Crippen molar-refractivity contribution in [2.75, 3.05) is 13.2 Å². The van der Waals surface area contributed by atoms with E-state index in [-0.39, 0.29) is 6.29 Å². The molecule has 60 valence electrons. The van der Waals surface area contributed by atoms with Crippen LogP contribution >= 0.6 is 15.9 Å². The van der Waals surface area contributed by atoms with Gasteiger partial charge in [-0.3, -0.25) is 0 Å². The summed E-state index contributed by atoms with van der Waals surface area (Å²) in [4.78, 5) is 0.549. The molecular weight excluding hydrogens is 196 g/mol. The van der Waals surface area contributed by atoms with Crippen molar-refractivity contribution in [3.05, 3.63) is 0 Å². The van der Waals surface area contributed by atoms with Crippen LogP contribution in [0.3, 0.4) is 0 Å². The first-order chi connectivity index (χ1) is 4.79. The van der Waals surface area contributed by atoms with Crippen molar-refractivity contribution in [3.8, 4) is 0 Å². The Bertz CT molecular complexity index is 91.6. The van der Waals surface area contributed by atoms with Crippen LogP contribution in [0.25, 0.3) is 0 Å². The molecule has 1 saturated heterocycles. The summed E-state index contributed by atoms with van der Waals surface area (Å²) in [6.45, 7) is 3.79. The maximum atomic E-state index is 5.34. The standard InChI is InChI=1S/C7H13BrO2/c1-6(8)2-4-9-7-3-5-10-7/h6-7H,2-5H2,1H3. The zero-order valence-electron chi connectivity index (χ0n) is 6.18. The molecule has 0 aromatic heterocycles. The molecule has 0 spiro atoms. The molecule has 0 saturated carbocycles. The van der Waals surface area contributed by atoms with Crippen LogP contribution in [-0.2, 0) is 9.47 Å². The summed E-state index contributed by atoms with van der Waals surface area (Å²) in [6.07, 6.45) is 2.22. The summed E-state index contributed by atoms with van der Waals surface area (Å²) in [5, 5.41) is 0. The molecule has 0 amide bonds. The molecule has 2 nitrogen and oxygen atoms in total. The first-order valence-corrected chi connectivity index (χ1v) is 4.58. The molecule has 0 aliphatic carbocycles. The zero-order chi connectivity index (χ0) is 7.40. The molecular formula is C7H13BrO2. The Kier molecular flexibility index (Phi) is 3.66. The van der Waals surface area contributed by atoms with E-state index in [9.17, 15) is 0 Å². The highest BCUT2D eigenvalue weighted by Crippen LogP contribution is 2.13. The average Bonchev–Trinajstić information content (AvgIpc) is 1.75. The number of halogens is 1. The van der Waals surface area contributed by atoms with E-state index in [1.807, 2.05) is 0 Å². The van der Waals surface area contributed by atoms with Crippen molar-refractivity contribution in [2.45, 2.75) is 30.9 Å². The lowest BCUT2D eigenvalue weighted by molar-refractivity contribution is -0.214. The normalized spacial score (nSPS) is 27.6. The van der Waals surface area contributed by atoms with Gasteiger partial charge in [0.05, 0.1) is 13.2 Å². The molecule has 2 unspecified atom stereocenters. The Balaban J connectivity index is 1.85. The van der Waals surface area contributed by atoms with Crippen molar-refractivity contribution in [1.82, 2.24) is 0 Å². The summed E-state index contributed by atoms with van der Waals surface area (Å²) in [7, 11) is 0. The van der Waals surface area contributed by atoms with Gasteiger partial charge in [-0.15, -0.1) is 0 Å². The SMILES string of the molecule is CC(Br)CCOC1CCO1. The first kappa shape index (κ1) is 8.50. The molecule has 10 heavy (non-hydrogen) atoms. The van der Waals surface area contributed by atoms with Gasteiger partial charge in [0, 0.05) is 11.2 Å². The molecule has 3 heteroatoms. The van der Waals surface area contributed by atoms with Crippen LogP contribution in [0.4, 0.5) is 0 Å². The van der Waals surface area contributed by atoms with Gasteiger partial charge >= 0.3 is 0 Å². The lowest BCUT2D eigenvalue weighted by Gasteiger charge is -2.26. The van der Waals surface area contributed by atoms with E-state index in [1.54, 1.807) is 0 Å². The second-order valence-electron chi connectivity index (χ2n) is 2.53. The van der Waals surface area contributed by atoms with E-state index >= 15 is 0 Å². The van der Waals surface area contributed by atoms with E-state index in [1.165, 1.54) is 0 Å². The third-order valence-corrected chi connectivity index (χ3v) is 1.93. The molecule has 0 aromatic carbocycles. The Morgan fingerprint density at radius 1 is 1.80 bits per heavy atom. The summed E-state index contributed by atoms with van der Waals surface area (Å²) >= 11 is 3.44. The molecule has 1 aliphatic rings. The minimum absolute atomic E-state index is 0.103. The third kappa shape index (κ3) is 2.99. The predicted molar refractivity (Wildman–Crippen MR) is 43.3 cm³/mol. The fraction of sp³-hybridized carbons (Fsp3) is 1.00. The van der Waals surface area contributed by atoms with Crippen molar-refractivity contribution in [2.24, 2.45) is 0 Å². The molecule has 0 aromatic rings. The van der Waals surface area contributed by atoms with Gasteiger partial charge in [-0.05, 0) is 6.42 Å². The maximum absolute atomic E-state index is 5.34. The third-order valence-electron chi connectivity index (χ3n) is 1.48. The minimum Gasteiger partial charge on any atom is -0.353 e. The number of hydrogen-bond acceptors (Lipinski definition) is 2. The van der Waals surface area contributed by atoms with Gasteiger partial charge in [-0.1, -0.05) is 22.9 Å². The molecule has 0 bridgehead atoms. The number of hydrogen-bond donors (Lipinski definition) is 0. The molecule has 1 rings (SSSR count). The zero-order valence-corrected chi connectivity index (χ0v) is 7.76. The van der Waals surface area contributed by atoms with Crippen LogP contribution in [0.15, 0.2) is 0 Å².